The maximum absolute atomic E-state index is 10.9. The lowest BCUT2D eigenvalue weighted by Gasteiger charge is -2.02. The minimum absolute atomic E-state index is 0.0731. The standard InChI is InChI=1S/C8H5BrClNO3/c1-4-2-5(11(13)14)3-6(9)7(4)8(10)12/h2-3H,1H3. The van der Waals surface area contributed by atoms with Crippen LogP contribution in [-0.2, 0) is 0 Å². The fraction of sp³-hybridized carbons (Fsp3) is 0.125. The lowest BCUT2D eigenvalue weighted by Crippen LogP contribution is -1.97. The first-order chi connectivity index (χ1) is 6.43. The first-order valence-electron chi connectivity index (χ1n) is 3.58. The van der Waals surface area contributed by atoms with Crippen molar-refractivity contribution in [2.24, 2.45) is 0 Å². The molecular weight excluding hydrogens is 273 g/mol. The number of nitrogens with zero attached hydrogens (tertiary/aromatic N) is 1. The average Bonchev–Trinajstić information content (AvgIpc) is 2.01. The van der Waals surface area contributed by atoms with Gasteiger partial charge in [0.05, 0.1) is 10.5 Å². The molecule has 74 valence electrons. The maximum atomic E-state index is 10.9. The Morgan fingerprint density at radius 3 is 2.50 bits per heavy atom. The van der Waals surface area contributed by atoms with Crippen molar-refractivity contribution in [2.75, 3.05) is 0 Å². The molecule has 0 heterocycles. The molecule has 14 heavy (non-hydrogen) atoms. The summed E-state index contributed by atoms with van der Waals surface area (Å²) >= 11 is 8.36. The number of benzene rings is 1. The molecule has 0 N–H and O–H groups in total. The summed E-state index contributed by atoms with van der Waals surface area (Å²) in [5.74, 6) is 0. The number of nitro benzene ring substituents is 1. The molecule has 0 fully saturated rings. The highest BCUT2D eigenvalue weighted by Gasteiger charge is 2.16. The number of non-ortho nitro benzene ring substituents is 1. The number of carbonyl (C=O) groups excluding carboxylic acids is 1. The molecule has 0 radical (unpaired) electrons. The number of aryl methyl sites for hydroxylation is 1. The molecular formula is C8H5BrClNO3. The topological polar surface area (TPSA) is 60.2 Å². The lowest BCUT2D eigenvalue weighted by molar-refractivity contribution is -0.385. The predicted octanol–water partition coefficient (Wildman–Crippen LogP) is 3.04. The zero-order valence-electron chi connectivity index (χ0n) is 7.08. The molecule has 1 aromatic carbocycles. The number of rotatable bonds is 2. The van der Waals surface area contributed by atoms with Gasteiger partial charge in [0.15, 0.2) is 0 Å². The van der Waals surface area contributed by atoms with Crippen LogP contribution in [0.4, 0.5) is 5.69 Å². The maximum Gasteiger partial charge on any atom is 0.270 e. The van der Waals surface area contributed by atoms with Crippen molar-refractivity contribution >= 4 is 38.5 Å². The van der Waals surface area contributed by atoms with Crippen LogP contribution in [0.2, 0.25) is 0 Å². The van der Waals surface area contributed by atoms with Gasteiger partial charge in [-0.2, -0.15) is 0 Å². The van der Waals surface area contributed by atoms with Crippen LogP contribution in [0.15, 0.2) is 16.6 Å². The molecule has 0 aromatic heterocycles. The highest BCUT2D eigenvalue weighted by molar-refractivity contribution is 9.10. The van der Waals surface area contributed by atoms with Gasteiger partial charge >= 0.3 is 0 Å². The Balaban J connectivity index is 3.39. The van der Waals surface area contributed by atoms with E-state index >= 15 is 0 Å². The first kappa shape index (κ1) is 11.1. The zero-order valence-corrected chi connectivity index (χ0v) is 9.42. The molecule has 0 saturated heterocycles. The Kier molecular flexibility index (Phi) is 3.23. The molecule has 0 aliphatic rings. The van der Waals surface area contributed by atoms with Crippen molar-refractivity contribution in [3.8, 4) is 0 Å². The Bertz CT molecular complexity index is 396. The number of hydrogen-bond donors (Lipinski definition) is 0. The predicted molar refractivity (Wildman–Crippen MR) is 55.7 cm³/mol. The fourth-order valence-corrected chi connectivity index (χ4v) is 2.17. The van der Waals surface area contributed by atoms with Gasteiger partial charge in [0.1, 0.15) is 0 Å². The van der Waals surface area contributed by atoms with Gasteiger partial charge in [-0.15, -0.1) is 0 Å². The normalized spacial score (nSPS) is 9.93. The number of carbonyl (C=O) groups is 1. The van der Waals surface area contributed by atoms with Crippen LogP contribution < -0.4 is 0 Å². The Morgan fingerprint density at radius 1 is 1.57 bits per heavy atom. The smallest absolute Gasteiger partial charge is 0.270 e. The third kappa shape index (κ3) is 2.10. The molecule has 1 rings (SSSR count). The number of halogens is 2. The van der Waals surface area contributed by atoms with Crippen LogP contribution in [0.25, 0.3) is 0 Å². The van der Waals surface area contributed by atoms with E-state index < -0.39 is 10.2 Å². The molecule has 0 atom stereocenters. The van der Waals surface area contributed by atoms with Gasteiger partial charge < -0.3 is 0 Å². The van der Waals surface area contributed by atoms with E-state index in [2.05, 4.69) is 15.9 Å². The summed E-state index contributed by atoms with van der Waals surface area (Å²) in [4.78, 5) is 20.9. The fourth-order valence-electron chi connectivity index (χ4n) is 1.08. The minimum atomic E-state index is -0.635. The summed E-state index contributed by atoms with van der Waals surface area (Å²) in [7, 11) is 0. The van der Waals surface area contributed by atoms with Gasteiger partial charge in [0.2, 0.25) is 0 Å². The van der Waals surface area contributed by atoms with E-state index in [1.807, 2.05) is 0 Å². The van der Waals surface area contributed by atoms with Gasteiger partial charge in [-0.3, -0.25) is 14.9 Å². The van der Waals surface area contributed by atoms with Gasteiger partial charge in [-0.05, 0) is 40.0 Å². The lowest BCUT2D eigenvalue weighted by atomic mass is 10.1. The summed E-state index contributed by atoms with van der Waals surface area (Å²) in [5, 5.41) is 9.82. The van der Waals surface area contributed by atoms with Crippen LogP contribution in [0, 0.1) is 17.0 Å². The molecule has 4 nitrogen and oxygen atoms in total. The van der Waals surface area contributed by atoms with Crippen molar-refractivity contribution in [1.82, 2.24) is 0 Å². The summed E-state index contributed by atoms with van der Waals surface area (Å²) in [6.07, 6.45) is 0. The van der Waals surface area contributed by atoms with Crippen molar-refractivity contribution in [2.45, 2.75) is 6.92 Å². The molecule has 0 unspecified atom stereocenters. The van der Waals surface area contributed by atoms with E-state index in [1.54, 1.807) is 6.92 Å². The SMILES string of the molecule is Cc1cc([N+](=O)[O-])cc(Br)c1C(=O)Cl. The molecule has 6 heteroatoms. The summed E-state index contributed by atoms with van der Waals surface area (Å²) in [5.41, 5.74) is 0.666. The van der Waals surface area contributed by atoms with Crippen molar-refractivity contribution < 1.29 is 9.72 Å². The Hall–Kier alpha value is -0.940. The van der Waals surface area contributed by atoms with E-state index in [4.69, 9.17) is 11.6 Å². The van der Waals surface area contributed by atoms with E-state index in [9.17, 15) is 14.9 Å². The van der Waals surface area contributed by atoms with Gasteiger partial charge in [0, 0.05) is 16.6 Å². The van der Waals surface area contributed by atoms with Gasteiger partial charge in [-0.25, -0.2) is 0 Å². The van der Waals surface area contributed by atoms with Crippen LogP contribution in [0.5, 0.6) is 0 Å². The van der Waals surface area contributed by atoms with E-state index in [0.717, 1.165) is 0 Å². The molecule has 0 aliphatic carbocycles. The monoisotopic (exact) mass is 277 g/mol. The summed E-state index contributed by atoms with van der Waals surface area (Å²) < 4.78 is 0.337. The highest BCUT2D eigenvalue weighted by atomic mass is 79.9. The quantitative estimate of drug-likeness (QED) is 0.474. The van der Waals surface area contributed by atoms with Crippen molar-refractivity contribution in [3.63, 3.8) is 0 Å². The first-order valence-corrected chi connectivity index (χ1v) is 4.75. The molecule has 0 amide bonds. The third-order valence-corrected chi connectivity index (χ3v) is 2.49. The van der Waals surface area contributed by atoms with E-state index in [1.165, 1.54) is 12.1 Å². The van der Waals surface area contributed by atoms with E-state index in [0.29, 0.717) is 10.0 Å². The van der Waals surface area contributed by atoms with Gasteiger partial charge in [0.25, 0.3) is 10.9 Å². The zero-order chi connectivity index (χ0) is 10.9. The second-order valence-electron chi connectivity index (χ2n) is 2.65. The molecule has 1 aromatic rings. The second-order valence-corrected chi connectivity index (χ2v) is 3.85. The molecule has 0 saturated carbocycles. The van der Waals surface area contributed by atoms with Crippen LogP contribution in [0.3, 0.4) is 0 Å². The van der Waals surface area contributed by atoms with Crippen molar-refractivity contribution in [3.05, 3.63) is 37.8 Å². The molecule has 0 spiro atoms. The van der Waals surface area contributed by atoms with Crippen molar-refractivity contribution in [1.29, 1.82) is 0 Å². The number of nitro groups is 1. The third-order valence-electron chi connectivity index (χ3n) is 1.68. The van der Waals surface area contributed by atoms with Crippen LogP contribution >= 0.6 is 27.5 Å². The molecule has 0 bridgehead atoms. The molecule has 0 aliphatic heterocycles. The Morgan fingerprint density at radius 2 is 2.14 bits per heavy atom. The van der Waals surface area contributed by atoms with Crippen LogP contribution in [-0.4, -0.2) is 10.2 Å². The van der Waals surface area contributed by atoms with E-state index in [-0.39, 0.29) is 11.3 Å². The van der Waals surface area contributed by atoms with Gasteiger partial charge in [-0.1, -0.05) is 0 Å². The minimum Gasteiger partial charge on any atom is -0.276 e. The number of hydrogen-bond acceptors (Lipinski definition) is 3. The largest absolute Gasteiger partial charge is 0.276 e. The summed E-state index contributed by atoms with van der Waals surface area (Å²) in [6, 6.07) is 2.56. The summed E-state index contributed by atoms with van der Waals surface area (Å²) in [6.45, 7) is 1.59. The highest BCUT2D eigenvalue weighted by Crippen LogP contribution is 2.27. The Labute approximate surface area is 93.1 Å². The second kappa shape index (κ2) is 4.06. The van der Waals surface area contributed by atoms with Crippen LogP contribution in [0.1, 0.15) is 15.9 Å². The average molecular weight is 278 g/mol.